The number of hydrogen-bond acceptors (Lipinski definition) is 3. The molecule has 102 valence electrons. The van der Waals surface area contributed by atoms with Crippen LogP contribution in [-0.4, -0.2) is 38.3 Å². The number of carbonyl (C=O) groups excluding carboxylic acids is 1. The smallest absolute Gasteiger partial charge is 0.227 e. The Hall–Kier alpha value is -0.320. The molecule has 1 amide bonds. The van der Waals surface area contributed by atoms with E-state index in [2.05, 4.69) is 10.6 Å². The summed E-state index contributed by atoms with van der Waals surface area (Å²) in [6.07, 6.45) is 2.27. The molecule has 4 nitrogen and oxygen atoms in total. The van der Waals surface area contributed by atoms with E-state index in [9.17, 15) is 4.79 Å². The van der Waals surface area contributed by atoms with Crippen LogP contribution >= 0.6 is 12.4 Å². The van der Waals surface area contributed by atoms with Gasteiger partial charge < -0.3 is 15.4 Å². The zero-order chi connectivity index (χ0) is 12.0. The predicted molar refractivity (Wildman–Crippen MR) is 71.6 cm³/mol. The van der Waals surface area contributed by atoms with E-state index in [0.29, 0.717) is 13.2 Å². The molecule has 1 heterocycles. The van der Waals surface area contributed by atoms with Crippen LogP contribution in [0.25, 0.3) is 0 Å². The molecule has 1 saturated heterocycles. The largest absolute Gasteiger partial charge is 0.377 e. The fourth-order valence-corrected chi connectivity index (χ4v) is 1.92. The van der Waals surface area contributed by atoms with Gasteiger partial charge in [-0.2, -0.15) is 0 Å². The van der Waals surface area contributed by atoms with Crippen molar-refractivity contribution < 1.29 is 9.53 Å². The first-order valence-electron chi connectivity index (χ1n) is 6.15. The van der Waals surface area contributed by atoms with Crippen LogP contribution in [-0.2, 0) is 9.53 Å². The highest BCUT2D eigenvalue weighted by molar-refractivity contribution is 5.85. The van der Waals surface area contributed by atoms with Crippen molar-refractivity contribution in [2.45, 2.75) is 39.7 Å². The minimum absolute atomic E-state index is 0. The quantitative estimate of drug-likeness (QED) is 0.737. The zero-order valence-electron chi connectivity index (χ0n) is 11.0. The van der Waals surface area contributed by atoms with Gasteiger partial charge in [0.1, 0.15) is 0 Å². The van der Waals surface area contributed by atoms with Crippen molar-refractivity contribution in [2.24, 2.45) is 5.41 Å². The van der Waals surface area contributed by atoms with Gasteiger partial charge in [-0.15, -0.1) is 12.4 Å². The first-order valence-corrected chi connectivity index (χ1v) is 6.15. The minimum atomic E-state index is -0.240. The maximum Gasteiger partial charge on any atom is 0.227 e. The summed E-state index contributed by atoms with van der Waals surface area (Å²) < 4.78 is 5.38. The highest BCUT2D eigenvalue weighted by Gasteiger charge is 2.34. The maximum absolute atomic E-state index is 12.0. The Bertz CT molecular complexity index is 229. The molecule has 0 aliphatic carbocycles. The van der Waals surface area contributed by atoms with Gasteiger partial charge in [-0.05, 0) is 40.2 Å². The Morgan fingerprint density at radius 2 is 2.24 bits per heavy atom. The van der Waals surface area contributed by atoms with Gasteiger partial charge >= 0.3 is 0 Å². The van der Waals surface area contributed by atoms with Crippen LogP contribution in [0, 0.1) is 5.41 Å². The Kier molecular flexibility index (Phi) is 7.75. The number of amides is 1. The lowest BCUT2D eigenvalue weighted by atomic mass is 9.82. The van der Waals surface area contributed by atoms with Gasteiger partial charge in [0.15, 0.2) is 0 Å². The molecule has 0 bridgehead atoms. The number of rotatable bonds is 5. The fourth-order valence-electron chi connectivity index (χ4n) is 1.92. The van der Waals surface area contributed by atoms with Crippen molar-refractivity contribution in [3.05, 3.63) is 0 Å². The lowest BCUT2D eigenvalue weighted by Crippen LogP contribution is -2.49. The lowest BCUT2D eigenvalue weighted by molar-refractivity contribution is -0.131. The second kappa shape index (κ2) is 7.90. The van der Waals surface area contributed by atoms with Crippen LogP contribution in [0.4, 0.5) is 0 Å². The average molecular weight is 265 g/mol. The van der Waals surface area contributed by atoms with Crippen molar-refractivity contribution in [1.82, 2.24) is 10.6 Å². The fraction of sp³-hybridized carbons (Fsp3) is 0.917. The van der Waals surface area contributed by atoms with E-state index in [4.69, 9.17) is 4.74 Å². The van der Waals surface area contributed by atoms with Crippen LogP contribution in [0.1, 0.15) is 33.6 Å². The summed E-state index contributed by atoms with van der Waals surface area (Å²) in [5.74, 6) is 0.145. The number of halogens is 1. The van der Waals surface area contributed by atoms with Crippen molar-refractivity contribution in [1.29, 1.82) is 0 Å². The first kappa shape index (κ1) is 16.7. The van der Waals surface area contributed by atoms with Crippen LogP contribution in [0.15, 0.2) is 0 Å². The molecule has 0 aromatic heterocycles. The molecular formula is C12H25ClN2O2. The topological polar surface area (TPSA) is 50.4 Å². The van der Waals surface area contributed by atoms with Crippen LogP contribution in [0.2, 0.25) is 0 Å². The summed E-state index contributed by atoms with van der Waals surface area (Å²) in [5.41, 5.74) is -0.240. The molecular weight excluding hydrogens is 240 g/mol. The van der Waals surface area contributed by atoms with Gasteiger partial charge in [-0.3, -0.25) is 4.79 Å². The van der Waals surface area contributed by atoms with E-state index >= 15 is 0 Å². The molecule has 0 aromatic carbocycles. The summed E-state index contributed by atoms with van der Waals surface area (Å²) in [4.78, 5) is 12.0. The molecule has 0 saturated carbocycles. The minimum Gasteiger partial charge on any atom is -0.377 e. The zero-order valence-corrected chi connectivity index (χ0v) is 11.9. The van der Waals surface area contributed by atoms with Gasteiger partial charge in [0.25, 0.3) is 0 Å². The molecule has 1 aliphatic rings. The summed E-state index contributed by atoms with van der Waals surface area (Å²) in [7, 11) is 0. The molecule has 1 unspecified atom stereocenters. The van der Waals surface area contributed by atoms with Crippen LogP contribution in [0.5, 0.6) is 0 Å². The third kappa shape index (κ3) is 5.70. The number of carbonyl (C=O) groups is 1. The van der Waals surface area contributed by atoms with Crippen molar-refractivity contribution in [3.8, 4) is 0 Å². The Labute approximate surface area is 110 Å². The normalized spacial score (nSPS) is 24.2. The molecule has 0 aromatic rings. The molecule has 0 spiro atoms. The van der Waals surface area contributed by atoms with Gasteiger partial charge in [0, 0.05) is 13.1 Å². The van der Waals surface area contributed by atoms with E-state index in [1.807, 2.05) is 20.8 Å². The van der Waals surface area contributed by atoms with Gasteiger partial charge in [0.05, 0.1) is 18.1 Å². The summed E-state index contributed by atoms with van der Waals surface area (Å²) in [6, 6.07) is 0. The van der Waals surface area contributed by atoms with Gasteiger partial charge in [-0.25, -0.2) is 0 Å². The third-order valence-corrected chi connectivity index (χ3v) is 2.98. The van der Waals surface area contributed by atoms with E-state index < -0.39 is 0 Å². The standard InChI is InChI=1S/C12H24N2O2.ClH/c1-10(2)16-8-7-14-11(15)12(3)5-4-6-13-9-12;/h10,13H,4-9H2,1-3H3,(H,14,15);1H. The summed E-state index contributed by atoms with van der Waals surface area (Å²) in [5, 5.41) is 6.22. The van der Waals surface area contributed by atoms with Crippen molar-refractivity contribution in [3.63, 3.8) is 0 Å². The van der Waals surface area contributed by atoms with Gasteiger partial charge in [0.2, 0.25) is 5.91 Å². The maximum atomic E-state index is 12.0. The SMILES string of the molecule is CC(C)OCCNC(=O)C1(C)CCCNC1.Cl. The van der Waals surface area contributed by atoms with Crippen LogP contribution < -0.4 is 10.6 Å². The molecule has 5 heteroatoms. The number of hydrogen-bond donors (Lipinski definition) is 2. The van der Waals surface area contributed by atoms with Crippen molar-refractivity contribution >= 4 is 18.3 Å². The Balaban J connectivity index is 0.00000256. The number of ether oxygens (including phenoxy) is 1. The highest BCUT2D eigenvalue weighted by Crippen LogP contribution is 2.25. The molecule has 1 fully saturated rings. The van der Waals surface area contributed by atoms with Crippen molar-refractivity contribution in [2.75, 3.05) is 26.2 Å². The Morgan fingerprint density at radius 1 is 1.53 bits per heavy atom. The number of piperidine rings is 1. The number of nitrogens with one attached hydrogen (secondary N) is 2. The van der Waals surface area contributed by atoms with E-state index in [-0.39, 0.29) is 29.8 Å². The molecule has 17 heavy (non-hydrogen) atoms. The van der Waals surface area contributed by atoms with E-state index in [1.54, 1.807) is 0 Å². The molecule has 1 rings (SSSR count). The second-order valence-electron chi connectivity index (χ2n) is 5.02. The lowest BCUT2D eigenvalue weighted by Gasteiger charge is -2.32. The average Bonchev–Trinajstić information content (AvgIpc) is 2.25. The highest BCUT2D eigenvalue weighted by atomic mass is 35.5. The monoisotopic (exact) mass is 264 g/mol. The third-order valence-electron chi connectivity index (χ3n) is 2.98. The predicted octanol–water partition coefficient (Wildman–Crippen LogP) is 1.34. The van der Waals surface area contributed by atoms with E-state index in [0.717, 1.165) is 25.9 Å². The second-order valence-corrected chi connectivity index (χ2v) is 5.02. The Morgan fingerprint density at radius 3 is 2.76 bits per heavy atom. The van der Waals surface area contributed by atoms with E-state index in [1.165, 1.54) is 0 Å². The molecule has 2 N–H and O–H groups in total. The summed E-state index contributed by atoms with van der Waals surface area (Å²) >= 11 is 0. The summed E-state index contributed by atoms with van der Waals surface area (Å²) in [6.45, 7) is 9.02. The molecule has 1 atom stereocenters. The first-order chi connectivity index (χ1) is 7.54. The van der Waals surface area contributed by atoms with Gasteiger partial charge in [-0.1, -0.05) is 0 Å². The molecule has 1 aliphatic heterocycles. The molecule has 0 radical (unpaired) electrons. The van der Waals surface area contributed by atoms with Crippen LogP contribution in [0.3, 0.4) is 0 Å².